The van der Waals surface area contributed by atoms with Crippen molar-refractivity contribution in [2.75, 3.05) is 6.61 Å². The fraction of sp³-hybridized carbons (Fsp3) is 0.632. The van der Waals surface area contributed by atoms with Crippen LogP contribution < -0.4 is 11.1 Å². The van der Waals surface area contributed by atoms with E-state index in [9.17, 15) is 4.79 Å². The molecule has 126 valence electrons. The number of rotatable bonds is 3. The van der Waals surface area contributed by atoms with Crippen LogP contribution in [0.3, 0.4) is 0 Å². The summed E-state index contributed by atoms with van der Waals surface area (Å²) >= 11 is 0. The van der Waals surface area contributed by atoms with Crippen LogP contribution in [0.15, 0.2) is 24.3 Å². The normalized spacial score (nSPS) is 31.6. The number of hydrogen-bond acceptors (Lipinski definition) is 3. The van der Waals surface area contributed by atoms with E-state index >= 15 is 0 Å². The molecule has 1 heterocycles. The summed E-state index contributed by atoms with van der Waals surface area (Å²) in [5, 5.41) is 3.25. The lowest BCUT2D eigenvalue weighted by Crippen LogP contribution is -2.45. The number of ether oxygens (including phenoxy) is 1. The second-order valence-electron chi connectivity index (χ2n) is 7.07. The molecule has 0 bridgehead atoms. The summed E-state index contributed by atoms with van der Waals surface area (Å²) in [5.74, 6) is 0.0674. The molecule has 1 aromatic carbocycles. The van der Waals surface area contributed by atoms with Gasteiger partial charge in [0.25, 0.3) is 0 Å². The summed E-state index contributed by atoms with van der Waals surface area (Å²) < 4.78 is 5.96. The van der Waals surface area contributed by atoms with Crippen LogP contribution in [-0.2, 0) is 9.53 Å². The van der Waals surface area contributed by atoms with Crippen LogP contribution in [0.5, 0.6) is 0 Å². The number of nitrogens with one attached hydrogen (secondary N) is 1. The Balaban J connectivity index is 1.65. The Hall–Kier alpha value is -1.39. The third kappa shape index (κ3) is 4.12. The molecule has 2 atom stereocenters. The number of aryl methyl sites for hydroxylation is 1. The minimum absolute atomic E-state index is 0.0814. The molecule has 1 aliphatic heterocycles. The Morgan fingerprint density at radius 1 is 1.13 bits per heavy atom. The summed E-state index contributed by atoms with van der Waals surface area (Å²) in [5.41, 5.74) is 8.29. The zero-order valence-electron chi connectivity index (χ0n) is 14.0. The van der Waals surface area contributed by atoms with Crippen molar-refractivity contribution in [2.24, 2.45) is 11.7 Å². The van der Waals surface area contributed by atoms with Crippen LogP contribution in [0.1, 0.15) is 55.8 Å². The van der Waals surface area contributed by atoms with E-state index in [1.54, 1.807) is 0 Å². The van der Waals surface area contributed by atoms with E-state index in [1.165, 1.54) is 5.56 Å². The molecule has 23 heavy (non-hydrogen) atoms. The number of hydrogen-bond donors (Lipinski definition) is 2. The Bertz CT molecular complexity index is 521. The van der Waals surface area contributed by atoms with Gasteiger partial charge < -0.3 is 15.8 Å². The topological polar surface area (TPSA) is 64.3 Å². The lowest BCUT2D eigenvalue weighted by Gasteiger charge is -2.34. The average Bonchev–Trinajstić information content (AvgIpc) is 2.58. The van der Waals surface area contributed by atoms with Crippen LogP contribution in [0, 0.1) is 12.8 Å². The SMILES string of the molecule is Cc1ccc(C2OCCCC2C(=O)NC2CCC(N)CC2)cc1. The maximum Gasteiger partial charge on any atom is 0.226 e. The molecule has 4 heteroatoms. The lowest BCUT2D eigenvalue weighted by atomic mass is 9.87. The molecule has 0 aromatic heterocycles. The number of carbonyl (C=O) groups excluding carboxylic acids is 1. The molecule has 2 fully saturated rings. The van der Waals surface area contributed by atoms with Crippen molar-refractivity contribution in [2.45, 2.75) is 63.6 Å². The van der Waals surface area contributed by atoms with Crippen molar-refractivity contribution in [3.05, 3.63) is 35.4 Å². The summed E-state index contributed by atoms with van der Waals surface area (Å²) in [4.78, 5) is 12.8. The molecule has 1 saturated carbocycles. The standard InChI is InChI=1S/C19H28N2O2/c1-13-4-6-14(7-5-13)18-17(3-2-12-23-18)19(22)21-16-10-8-15(20)9-11-16/h4-7,15-18H,2-3,8-12,20H2,1H3,(H,21,22). The number of nitrogens with two attached hydrogens (primary N) is 1. The van der Waals surface area contributed by atoms with E-state index in [0.29, 0.717) is 6.04 Å². The predicted molar refractivity (Wildman–Crippen MR) is 91.0 cm³/mol. The molecule has 0 spiro atoms. The van der Waals surface area contributed by atoms with Crippen LogP contribution in [-0.4, -0.2) is 24.6 Å². The maximum absolute atomic E-state index is 12.8. The number of amides is 1. The lowest BCUT2D eigenvalue weighted by molar-refractivity contribution is -0.135. The largest absolute Gasteiger partial charge is 0.373 e. The Kier molecular flexibility index (Phi) is 5.34. The molecular weight excluding hydrogens is 288 g/mol. The third-order valence-corrected chi connectivity index (χ3v) is 5.18. The van der Waals surface area contributed by atoms with Crippen LogP contribution >= 0.6 is 0 Å². The molecule has 4 nitrogen and oxygen atoms in total. The van der Waals surface area contributed by atoms with Crippen molar-refractivity contribution >= 4 is 5.91 Å². The first-order valence-electron chi connectivity index (χ1n) is 8.87. The molecule has 3 rings (SSSR count). The van der Waals surface area contributed by atoms with Crippen molar-refractivity contribution < 1.29 is 9.53 Å². The van der Waals surface area contributed by atoms with E-state index in [4.69, 9.17) is 10.5 Å². The van der Waals surface area contributed by atoms with Crippen LogP contribution in [0.2, 0.25) is 0 Å². The molecule has 1 aromatic rings. The first-order chi connectivity index (χ1) is 11.1. The predicted octanol–water partition coefficient (Wildman–Crippen LogP) is 2.85. The van der Waals surface area contributed by atoms with Gasteiger partial charge in [-0.05, 0) is 51.0 Å². The minimum atomic E-state index is -0.116. The van der Waals surface area contributed by atoms with Crippen LogP contribution in [0.4, 0.5) is 0 Å². The zero-order valence-corrected chi connectivity index (χ0v) is 14.0. The van der Waals surface area contributed by atoms with Gasteiger partial charge in [-0.1, -0.05) is 29.8 Å². The van der Waals surface area contributed by atoms with Gasteiger partial charge in [-0.3, -0.25) is 4.79 Å². The Labute approximate surface area is 138 Å². The van der Waals surface area contributed by atoms with Crippen molar-refractivity contribution in [1.29, 1.82) is 0 Å². The quantitative estimate of drug-likeness (QED) is 0.901. The Morgan fingerprint density at radius 2 is 1.83 bits per heavy atom. The summed E-state index contributed by atoms with van der Waals surface area (Å²) in [6.45, 7) is 2.81. The molecule has 3 N–H and O–H groups in total. The van der Waals surface area contributed by atoms with Crippen molar-refractivity contribution in [3.8, 4) is 0 Å². The summed E-state index contributed by atoms with van der Waals surface area (Å²) in [6, 6.07) is 8.94. The highest BCUT2D eigenvalue weighted by atomic mass is 16.5. The molecule has 2 aliphatic rings. The number of benzene rings is 1. The summed E-state index contributed by atoms with van der Waals surface area (Å²) in [7, 11) is 0. The van der Waals surface area contributed by atoms with E-state index in [2.05, 4.69) is 36.5 Å². The number of carbonyl (C=O) groups is 1. The molecule has 2 unspecified atom stereocenters. The van der Waals surface area contributed by atoms with Gasteiger partial charge in [-0.25, -0.2) is 0 Å². The highest BCUT2D eigenvalue weighted by Crippen LogP contribution is 2.34. The highest BCUT2D eigenvalue weighted by Gasteiger charge is 2.34. The van der Waals surface area contributed by atoms with Gasteiger partial charge in [0.05, 0.1) is 12.0 Å². The molecule has 1 amide bonds. The van der Waals surface area contributed by atoms with E-state index in [-0.39, 0.29) is 24.0 Å². The Morgan fingerprint density at radius 3 is 2.52 bits per heavy atom. The minimum Gasteiger partial charge on any atom is -0.373 e. The van der Waals surface area contributed by atoms with Gasteiger partial charge in [0.2, 0.25) is 5.91 Å². The second kappa shape index (κ2) is 7.45. The molecule has 1 saturated heterocycles. The van der Waals surface area contributed by atoms with Gasteiger partial charge in [-0.15, -0.1) is 0 Å². The third-order valence-electron chi connectivity index (χ3n) is 5.18. The fourth-order valence-corrected chi connectivity index (χ4v) is 3.71. The van der Waals surface area contributed by atoms with Gasteiger partial charge in [0.1, 0.15) is 0 Å². The molecular formula is C19H28N2O2. The average molecular weight is 316 g/mol. The molecule has 1 aliphatic carbocycles. The second-order valence-corrected chi connectivity index (χ2v) is 7.07. The van der Waals surface area contributed by atoms with Gasteiger partial charge >= 0.3 is 0 Å². The van der Waals surface area contributed by atoms with Crippen molar-refractivity contribution in [1.82, 2.24) is 5.32 Å². The first kappa shape index (κ1) is 16.5. The molecule has 0 radical (unpaired) electrons. The monoisotopic (exact) mass is 316 g/mol. The van der Waals surface area contributed by atoms with Gasteiger partial charge in [-0.2, -0.15) is 0 Å². The van der Waals surface area contributed by atoms with Crippen LogP contribution in [0.25, 0.3) is 0 Å². The van der Waals surface area contributed by atoms with Gasteiger partial charge in [0, 0.05) is 18.7 Å². The first-order valence-corrected chi connectivity index (χ1v) is 8.87. The fourth-order valence-electron chi connectivity index (χ4n) is 3.71. The maximum atomic E-state index is 12.8. The smallest absolute Gasteiger partial charge is 0.226 e. The van der Waals surface area contributed by atoms with Gasteiger partial charge in [0.15, 0.2) is 0 Å². The van der Waals surface area contributed by atoms with E-state index in [0.717, 1.165) is 50.7 Å². The van der Waals surface area contributed by atoms with E-state index in [1.807, 2.05) is 0 Å². The highest BCUT2D eigenvalue weighted by molar-refractivity contribution is 5.80. The van der Waals surface area contributed by atoms with Crippen molar-refractivity contribution in [3.63, 3.8) is 0 Å². The zero-order chi connectivity index (χ0) is 16.2. The van der Waals surface area contributed by atoms with E-state index < -0.39 is 0 Å². The summed E-state index contributed by atoms with van der Waals surface area (Å²) in [6.07, 6.45) is 5.74.